The molecule has 1 aromatic rings. The molecule has 5 heteroatoms. The summed E-state index contributed by atoms with van der Waals surface area (Å²) in [4.78, 5) is 23.5. The minimum absolute atomic E-state index is 0.247. The maximum absolute atomic E-state index is 11.9. The molecule has 0 aliphatic carbocycles. The molecular weight excluding hydrogens is 187 g/mol. The Kier molecular flexibility index (Phi) is 3.09. The van der Waals surface area contributed by atoms with E-state index in [2.05, 4.69) is 4.99 Å². The van der Waals surface area contributed by atoms with Gasteiger partial charge < -0.3 is 0 Å². The quantitative estimate of drug-likeness (QED) is 0.340. The number of halogens is 1. The molecule has 1 N–H and O–H groups in total. The van der Waals surface area contributed by atoms with E-state index in [1.165, 1.54) is 18.2 Å². The van der Waals surface area contributed by atoms with Crippen molar-refractivity contribution in [3.8, 4) is 0 Å². The van der Waals surface area contributed by atoms with E-state index in [-0.39, 0.29) is 5.69 Å². The van der Waals surface area contributed by atoms with Crippen molar-refractivity contribution in [2.45, 2.75) is 6.92 Å². The fourth-order valence-electron chi connectivity index (χ4n) is 0.970. The van der Waals surface area contributed by atoms with Crippen LogP contribution in [-0.2, 0) is 4.79 Å². The smallest absolute Gasteiger partial charge is 0.298 e. The molecule has 0 heterocycles. The zero-order valence-corrected chi connectivity index (χ0v) is 7.37. The zero-order chi connectivity index (χ0) is 10.6. The number of carbonyl (C=O) groups is 1. The van der Waals surface area contributed by atoms with Gasteiger partial charge in [0.1, 0.15) is 0 Å². The molecule has 0 atom stereocenters. The first kappa shape index (κ1) is 10.1. The van der Waals surface area contributed by atoms with E-state index in [4.69, 9.17) is 0 Å². The van der Waals surface area contributed by atoms with Crippen molar-refractivity contribution in [3.05, 3.63) is 23.8 Å². The maximum atomic E-state index is 11.9. The second-order valence-corrected chi connectivity index (χ2v) is 2.60. The number of nitrogens with zero attached hydrogens (tertiary/aromatic N) is 1. The fraction of sp³-hybridized carbons (Fsp3) is 0.111. The first-order valence-corrected chi connectivity index (χ1v) is 3.78. The third-order valence-corrected chi connectivity index (χ3v) is 1.62. The van der Waals surface area contributed by atoms with E-state index in [1.54, 1.807) is 13.0 Å². The topological polar surface area (TPSA) is 58.5 Å². The molecule has 0 saturated heterocycles. The lowest BCUT2D eigenvalue weighted by atomic mass is 10.2. The largest absolute Gasteiger partial charge is 0.401 e. The van der Waals surface area contributed by atoms with E-state index in [0.29, 0.717) is 5.69 Å². The average Bonchev–Trinajstić information content (AvgIpc) is 2.10. The summed E-state index contributed by atoms with van der Waals surface area (Å²) in [7, 11) is 0. The number of amides is 1. The van der Waals surface area contributed by atoms with Crippen LogP contribution in [0.5, 0.6) is 0 Å². The number of rotatable bonds is 2. The van der Waals surface area contributed by atoms with Crippen LogP contribution in [0, 0.1) is 6.92 Å². The summed E-state index contributed by atoms with van der Waals surface area (Å²) in [6, 6.07) is 4.51. The van der Waals surface area contributed by atoms with Crippen molar-refractivity contribution in [2.24, 2.45) is 4.99 Å². The molecule has 72 valence electrons. The Morgan fingerprint density at radius 3 is 2.86 bits per heavy atom. The highest BCUT2D eigenvalue weighted by molar-refractivity contribution is 5.84. The molecule has 4 nitrogen and oxygen atoms in total. The Labute approximate surface area is 79.5 Å². The third kappa shape index (κ3) is 2.50. The summed E-state index contributed by atoms with van der Waals surface area (Å²) in [5.41, 5.74) is 1.34. The highest BCUT2D eigenvalue weighted by atomic mass is 19.1. The Morgan fingerprint density at radius 2 is 2.29 bits per heavy atom. The second kappa shape index (κ2) is 4.30. The van der Waals surface area contributed by atoms with Crippen molar-refractivity contribution in [3.63, 3.8) is 0 Å². The Bertz CT molecular complexity index is 411. The minimum Gasteiger partial charge on any atom is -0.298 e. The van der Waals surface area contributed by atoms with Gasteiger partial charge in [0.05, 0.1) is 5.69 Å². The molecule has 0 spiro atoms. The number of aryl methyl sites for hydroxylation is 1. The molecular formula is C9H7FN2O2. The molecule has 0 radical (unpaired) electrons. The van der Waals surface area contributed by atoms with Crippen LogP contribution in [0.1, 0.15) is 5.56 Å². The van der Waals surface area contributed by atoms with Gasteiger partial charge >= 0.3 is 6.16 Å². The van der Waals surface area contributed by atoms with Crippen molar-refractivity contribution >= 4 is 23.6 Å². The number of hydrogen-bond acceptors (Lipinski definition) is 3. The molecule has 0 fully saturated rings. The molecule has 0 saturated carbocycles. The number of nitrogens with one attached hydrogen (secondary N) is 1. The monoisotopic (exact) mass is 194 g/mol. The van der Waals surface area contributed by atoms with Crippen LogP contribution >= 0.6 is 0 Å². The fourth-order valence-corrected chi connectivity index (χ4v) is 0.970. The lowest BCUT2D eigenvalue weighted by Crippen LogP contribution is -2.01. The van der Waals surface area contributed by atoms with Crippen LogP contribution in [0.25, 0.3) is 0 Å². The molecule has 1 amide bonds. The molecule has 0 unspecified atom stereocenters. The van der Waals surface area contributed by atoms with Crippen LogP contribution in [0.4, 0.5) is 20.6 Å². The lowest BCUT2D eigenvalue weighted by molar-refractivity contribution is 0.235. The summed E-state index contributed by atoms with van der Waals surface area (Å²) in [6.07, 6.45) is -0.284. The van der Waals surface area contributed by atoms with Gasteiger partial charge in [-0.2, -0.15) is 4.99 Å². The summed E-state index contributed by atoms with van der Waals surface area (Å²) >= 11 is 0. The first-order valence-electron chi connectivity index (χ1n) is 3.78. The molecule has 0 aromatic heterocycles. The summed E-state index contributed by atoms with van der Waals surface area (Å²) in [5.74, 6) is 0. The Balaban J connectivity index is 3.05. The van der Waals surface area contributed by atoms with Gasteiger partial charge in [-0.25, -0.2) is 9.59 Å². The number of hydrogen-bond donors (Lipinski definition) is 1. The highest BCUT2D eigenvalue weighted by Gasteiger charge is 2.02. The number of benzene rings is 1. The van der Waals surface area contributed by atoms with Gasteiger partial charge in [0.2, 0.25) is 6.08 Å². The third-order valence-electron chi connectivity index (χ3n) is 1.62. The molecule has 0 bridgehead atoms. The van der Waals surface area contributed by atoms with Crippen molar-refractivity contribution in [2.75, 3.05) is 5.32 Å². The van der Waals surface area contributed by atoms with E-state index >= 15 is 0 Å². The zero-order valence-electron chi connectivity index (χ0n) is 7.37. The second-order valence-electron chi connectivity index (χ2n) is 2.60. The van der Waals surface area contributed by atoms with E-state index < -0.39 is 6.16 Å². The summed E-state index contributed by atoms with van der Waals surface area (Å²) in [5, 5.41) is 1.94. The lowest BCUT2D eigenvalue weighted by Gasteiger charge is -2.02. The number of aliphatic imine (C=N–C) groups is 1. The average molecular weight is 194 g/mol. The van der Waals surface area contributed by atoms with E-state index in [1.807, 2.05) is 5.32 Å². The van der Waals surface area contributed by atoms with Gasteiger partial charge in [-0.1, -0.05) is 6.07 Å². The van der Waals surface area contributed by atoms with Crippen molar-refractivity contribution in [1.29, 1.82) is 0 Å². The van der Waals surface area contributed by atoms with Gasteiger partial charge in [-0.05, 0) is 24.6 Å². The van der Waals surface area contributed by atoms with Gasteiger partial charge in [0.15, 0.2) is 0 Å². The highest BCUT2D eigenvalue weighted by Crippen LogP contribution is 2.22. The number of carbonyl (C=O) groups excluding carboxylic acids is 2. The van der Waals surface area contributed by atoms with Crippen LogP contribution in [0.15, 0.2) is 23.2 Å². The van der Waals surface area contributed by atoms with Gasteiger partial charge in [0.25, 0.3) is 0 Å². The molecule has 1 aromatic carbocycles. The standard InChI is InChI=1S/C9H7FN2O2/c1-6-2-3-7(12-9(10)14)4-8(6)11-5-13/h2-4H,1H3,(H,12,14). The van der Waals surface area contributed by atoms with E-state index in [9.17, 15) is 14.0 Å². The van der Waals surface area contributed by atoms with Crippen molar-refractivity contribution in [1.82, 2.24) is 0 Å². The summed E-state index contributed by atoms with van der Waals surface area (Å²) in [6.45, 7) is 1.73. The van der Waals surface area contributed by atoms with Crippen molar-refractivity contribution < 1.29 is 14.0 Å². The Hall–Kier alpha value is -2.00. The maximum Gasteiger partial charge on any atom is 0.401 e. The normalized spacial score (nSPS) is 9.00. The van der Waals surface area contributed by atoms with Gasteiger partial charge in [-0.3, -0.25) is 5.32 Å². The number of isocyanates is 1. The van der Waals surface area contributed by atoms with E-state index in [0.717, 1.165) is 5.56 Å². The number of anilines is 1. The van der Waals surface area contributed by atoms with Gasteiger partial charge in [-0.15, -0.1) is 4.39 Å². The molecule has 14 heavy (non-hydrogen) atoms. The molecule has 0 aliphatic heterocycles. The summed E-state index contributed by atoms with van der Waals surface area (Å²) < 4.78 is 11.9. The Morgan fingerprint density at radius 1 is 1.57 bits per heavy atom. The molecule has 0 aliphatic rings. The van der Waals surface area contributed by atoms with Crippen LogP contribution in [0.2, 0.25) is 0 Å². The molecule has 1 rings (SSSR count). The van der Waals surface area contributed by atoms with Crippen LogP contribution in [0.3, 0.4) is 0 Å². The predicted octanol–water partition coefficient (Wildman–Crippen LogP) is 2.46. The SMILES string of the molecule is Cc1ccc(NC(=O)F)cc1N=C=O. The van der Waals surface area contributed by atoms with Gasteiger partial charge in [0, 0.05) is 5.69 Å². The minimum atomic E-state index is -1.66. The van der Waals surface area contributed by atoms with Crippen LogP contribution < -0.4 is 5.32 Å². The van der Waals surface area contributed by atoms with Crippen LogP contribution in [-0.4, -0.2) is 12.2 Å². The first-order chi connectivity index (χ1) is 6.63. The predicted molar refractivity (Wildman–Crippen MR) is 49.1 cm³/mol.